The third-order valence-corrected chi connectivity index (χ3v) is 5.31. The number of aryl methyl sites for hydroxylation is 2. The second-order valence-corrected chi connectivity index (χ2v) is 6.29. The third-order valence-electron chi connectivity index (χ3n) is 3.92. The van der Waals surface area contributed by atoms with Crippen molar-refractivity contribution in [3.63, 3.8) is 0 Å². The second kappa shape index (κ2) is 3.30. The van der Waals surface area contributed by atoms with Crippen LogP contribution in [0.25, 0.3) is 10.9 Å². The van der Waals surface area contributed by atoms with Gasteiger partial charge in [0.25, 0.3) is 0 Å². The summed E-state index contributed by atoms with van der Waals surface area (Å²) in [5.41, 5.74) is 4.45. The van der Waals surface area contributed by atoms with Crippen LogP contribution in [0.3, 0.4) is 0 Å². The van der Waals surface area contributed by atoms with Gasteiger partial charge < -0.3 is 4.98 Å². The smallest absolute Gasteiger partial charge is 0.0767 e. The fourth-order valence-corrected chi connectivity index (χ4v) is 4.41. The Morgan fingerprint density at radius 2 is 2.19 bits per heavy atom. The fourth-order valence-electron chi connectivity index (χ4n) is 3.04. The van der Waals surface area contributed by atoms with Crippen LogP contribution in [0, 0.1) is 0 Å². The number of hydrogen-bond acceptors (Lipinski definition) is 1. The standard InChI is InChI=1S/C14H15NS/c1-2-10-6-4-9-5-7-13-12(8-9)11(3-1)14(15-13)16-10/h5,7-8,10,15H,1-4,6H2. The van der Waals surface area contributed by atoms with Crippen molar-refractivity contribution in [1.82, 2.24) is 4.98 Å². The normalized spacial score (nSPS) is 23.4. The molecule has 1 aromatic heterocycles. The van der Waals surface area contributed by atoms with E-state index in [1.807, 2.05) is 0 Å². The second-order valence-electron chi connectivity index (χ2n) is 4.98. The van der Waals surface area contributed by atoms with Crippen molar-refractivity contribution in [2.24, 2.45) is 0 Å². The Balaban J connectivity index is 2.08. The van der Waals surface area contributed by atoms with Gasteiger partial charge in [0.1, 0.15) is 0 Å². The van der Waals surface area contributed by atoms with Gasteiger partial charge in [-0.15, -0.1) is 11.8 Å². The first-order valence-electron chi connectivity index (χ1n) is 6.20. The summed E-state index contributed by atoms with van der Waals surface area (Å²) in [5.74, 6) is 0. The highest BCUT2D eigenvalue weighted by molar-refractivity contribution is 7.99. The summed E-state index contributed by atoms with van der Waals surface area (Å²) in [5, 5.41) is 3.77. The van der Waals surface area contributed by atoms with Crippen LogP contribution in [0.2, 0.25) is 0 Å². The molecular formula is C14H15NS. The molecule has 0 aliphatic carbocycles. The van der Waals surface area contributed by atoms with Crippen molar-refractivity contribution in [1.29, 1.82) is 0 Å². The highest BCUT2D eigenvalue weighted by Crippen LogP contribution is 2.40. The molecular weight excluding hydrogens is 214 g/mol. The van der Waals surface area contributed by atoms with Crippen molar-refractivity contribution in [2.45, 2.75) is 42.4 Å². The van der Waals surface area contributed by atoms with Gasteiger partial charge in [0.05, 0.1) is 5.03 Å². The van der Waals surface area contributed by atoms with E-state index in [2.05, 4.69) is 34.9 Å². The molecule has 0 fully saturated rings. The lowest BCUT2D eigenvalue weighted by atomic mass is 9.98. The van der Waals surface area contributed by atoms with Crippen LogP contribution < -0.4 is 0 Å². The average molecular weight is 229 g/mol. The molecule has 2 aromatic rings. The predicted molar refractivity (Wildman–Crippen MR) is 69.2 cm³/mol. The maximum atomic E-state index is 3.61. The van der Waals surface area contributed by atoms with E-state index < -0.39 is 0 Å². The largest absolute Gasteiger partial charge is 0.349 e. The van der Waals surface area contributed by atoms with E-state index >= 15 is 0 Å². The number of benzene rings is 1. The number of thioether (sulfide) groups is 1. The molecule has 1 unspecified atom stereocenters. The van der Waals surface area contributed by atoms with Gasteiger partial charge in [0, 0.05) is 16.2 Å². The van der Waals surface area contributed by atoms with Crippen LogP contribution in [0.15, 0.2) is 23.2 Å². The number of rotatable bonds is 0. The van der Waals surface area contributed by atoms with Gasteiger partial charge in [0.2, 0.25) is 0 Å². The van der Waals surface area contributed by atoms with Gasteiger partial charge in [-0.3, -0.25) is 0 Å². The summed E-state index contributed by atoms with van der Waals surface area (Å²) in [6.45, 7) is 0. The van der Waals surface area contributed by atoms with Crippen molar-refractivity contribution < 1.29 is 0 Å². The van der Waals surface area contributed by atoms with E-state index in [1.165, 1.54) is 53.6 Å². The molecule has 0 saturated carbocycles. The summed E-state index contributed by atoms with van der Waals surface area (Å²) < 4.78 is 0. The van der Waals surface area contributed by atoms with Crippen LogP contribution in [-0.2, 0) is 12.8 Å². The Bertz CT molecular complexity index is 555. The Morgan fingerprint density at radius 1 is 1.19 bits per heavy atom. The molecule has 1 N–H and O–H groups in total. The van der Waals surface area contributed by atoms with E-state index in [0.717, 1.165) is 5.25 Å². The number of hydrogen-bond donors (Lipinski definition) is 1. The minimum atomic E-state index is 0.827. The molecule has 0 radical (unpaired) electrons. The zero-order valence-corrected chi connectivity index (χ0v) is 10.1. The van der Waals surface area contributed by atoms with Crippen LogP contribution >= 0.6 is 11.8 Å². The molecule has 1 atom stereocenters. The Labute approximate surface area is 99.6 Å². The zero-order valence-electron chi connectivity index (χ0n) is 9.25. The number of H-pyrrole nitrogens is 1. The van der Waals surface area contributed by atoms with Gasteiger partial charge in [-0.05, 0) is 55.4 Å². The van der Waals surface area contributed by atoms with Gasteiger partial charge in [-0.2, -0.15) is 0 Å². The van der Waals surface area contributed by atoms with E-state index in [9.17, 15) is 0 Å². The average Bonchev–Trinajstić information content (AvgIpc) is 2.55. The Morgan fingerprint density at radius 3 is 3.19 bits per heavy atom. The first kappa shape index (κ1) is 9.17. The summed E-state index contributed by atoms with van der Waals surface area (Å²) >= 11 is 2.09. The summed E-state index contributed by atoms with van der Waals surface area (Å²) in [4.78, 5) is 3.61. The molecule has 2 aliphatic rings. The molecule has 1 aromatic carbocycles. The highest BCUT2D eigenvalue weighted by Gasteiger charge is 2.22. The number of aromatic amines is 1. The van der Waals surface area contributed by atoms with Crippen molar-refractivity contribution in [3.05, 3.63) is 29.3 Å². The minimum Gasteiger partial charge on any atom is -0.349 e. The van der Waals surface area contributed by atoms with Crippen molar-refractivity contribution >= 4 is 22.7 Å². The molecule has 16 heavy (non-hydrogen) atoms. The SMILES string of the molecule is c1cc2[nH]c3c4c2cc1CCC(CCC4)S3. The minimum absolute atomic E-state index is 0.827. The lowest BCUT2D eigenvalue weighted by Crippen LogP contribution is -2.04. The molecule has 3 heterocycles. The molecule has 2 heteroatoms. The lowest BCUT2D eigenvalue weighted by Gasteiger charge is -2.14. The third kappa shape index (κ3) is 1.26. The van der Waals surface area contributed by atoms with Crippen molar-refractivity contribution in [3.8, 4) is 0 Å². The molecule has 5 bridgehead atoms. The molecule has 0 spiro atoms. The molecule has 2 aliphatic heterocycles. The summed E-state index contributed by atoms with van der Waals surface area (Å²) in [6, 6.07) is 6.97. The lowest BCUT2D eigenvalue weighted by molar-refractivity contribution is 0.661. The Kier molecular flexibility index (Phi) is 1.89. The van der Waals surface area contributed by atoms with Gasteiger partial charge in [-0.25, -0.2) is 0 Å². The molecule has 0 saturated heterocycles. The van der Waals surface area contributed by atoms with Crippen LogP contribution in [0.4, 0.5) is 0 Å². The predicted octanol–water partition coefficient (Wildman–Crippen LogP) is 3.91. The van der Waals surface area contributed by atoms with Crippen LogP contribution in [-0.4, -0.2) is 10.2 Å². The summed E-state index contributed by atoms with van der Waals surface area (Å²) in [6.07, 6.45) is 6.61. The molecule has 1 nitrogen and oxygen atoms in total. The first-order chi connectivity index (χ1) is 7.90. The van der Waals surface area contributed by atoms with E-state index in [-0.39, 0.29) is 0 Å². The number of aromatic nitrogens is 1. The highest BCUT2D eigenvalue weighted by atomic mass is 32.2. The quantitative estimate of drug-likeness (QED) is 0.724. The topological polar surface area (TPSA) is 15.8 Å². The molecule has 0 amide bonds. The zero-order chi connectivity index (χ0) is 10.5. The maximum absolute atomic E-state index is 3.61. The first-order valence-corrected chi connectivity index (χ1v) is 7.08. The molecule has 4 rings (SSSR count). The molecule has 82 valence electrons. The number of fused-ring (bicyclic) bond motifs is 2. The fraction of sp³-hybridized carbons (Fsp3) is 0.429. The maximum Gasteiger partial charge on any atom is 0.0767 e. The van der Waals surface area contributed by atoms with Gasteiger partial charge in [0.15, 0.2) is 0 Å². The Hall–Kier alpha value is -0.890. The summed E-state index contributed by atoms with van der Waals surface area (Å²) in [7, 11) is 0. The monoisotopic (exact) mass is 229 g/mol. The van der Waals surface area contributed by atoms with Crippen molar-refractivity contribution in [2.75, 3.05) is 0 Å². The van der Waals surface area contributed by atoms with Gasteiger partial charge >= 0.3 is 0 Å². The number of nitrogens with one attached hydrogen (secondary N) is 1. The van der Waals surface area contributed by atoms with Crippen LogP contribution in [0.5, 0.6) is 0 Å². The van der Waals surface area contributed by atoms with E-state index in [1.54, 1.807) is 5.56 Å². The van der Waals surface area contributed by atoms with Gasteiger partial charge in [-0.1, -0.05) is 6.07 Å². The van der Waals surface area contributed by atoms with E-state index in [4.69, 9.17) is 0 Å². The van der Waals surface area contributed by atoms with E-state index in [0.29, 0.717) is 0 Å². The van der Waals surface area contributed by atoms with Crippen LogP contribution in [0.1, 0.15) is 30.4 Å².